The van der Waals surface area contributed by atoms with Crippen LogP contribution in [0, 0.1) is 6.92 Å². The number of carbonyl (C=O) groups is 1. The molecule has 1 heterocycles. The second-order valence-electron chi connectivity index (χ2n) is 4.82. The number of fused-ring (bicyclic) bond motifs is 1. The zero-order valence-corrected chi connectivity index (χ0v) is 11.5. The van der Waals surface area contributed by atoms with E-state index in [0.29, 0.717) is 11.1 Å². The van der Waals surface area contributed by atoms with E-state index in [2.05, 4.69) is 10.3 Å². The number of rotatable bonds is 2. The molecule has 0 bridgehead atoms. The summed E-state index contributed by atoms with van der Waals surface area (Å²) in [5, 5.41) is 14.6. The molecule has 21 heavy (non-hydrogen) atoms. The maximum absolute atomic E-state index is 12.3. The van der Waals surface area contributed by atoms with Gasteiger partial charge in [0, 0.05) is 23.0 Å². The summed E-state index contributed by atoms with van der Waals surface area (Å²) in [5.41, 5.74) is 1.72. The van der Waals surface area contributed by atoms with Crippen molar-refractivity contribution in [3.63, 3.8) is 0 Å². The molecule has 0 aliphatic carbocycles. The van der Waals surface area contributed by atoms with Crippen LogP contribution in [0.4, 0.5) is 5.69 Å². The number of amides is 1. The summed E-state index contributed by atoms with van der Waals surface area (Å²) in [6.07, 6.45) is 1.63. The Balaban J connectivity index is 1.96. The van der Waals surface area contributed by atoms with Gasteiger partial charge in [0.25, 0.3) is 5.91 Å². The van der Waals surface area contributed by atoms with Crippen LogP contribution in [0.5, 0.6) is 5.75 Å². The molecule has 2 aromatic carbocycles. The summed E-state index contributed by atoms with van der Waals surface area (Å²) in [7, 11) is 0. The van der Waals surface area contributed by atoms with Gasteiger partial charge in [-0.2, -0.15) is 0 Å². The van der Waals surface area contributed by atoms with Crippen LogP contribution >= 0.6 is 0 Å². The summed E-state index contributed by atoms with van der Waals surface area (Å²) >= 11 is 0. The van der Waals surface area contributed by atoms with Crippen LogP contribution in [0.3, 0.4) is 0 Å². The lowest BCUT2D eigenvalue weighted by molar-refractivity contribution is 0.102. The van der Waals surface area contributed by atoms with Gasteiger partial charge in [-0.1, -0.05) is 30.3 Å². The molecule has 4 nitrogen and oxygen atoms in total. The molecule has 0 saturated carbocycles. The molecule has 3 aromatic rings. The SMILES string of the molecule is Cc1cc(NC(=O)c2ccc3ccccc3c2O)ccn1. The van der Waals surface area contributed by atoms with Gasteiger partial charge in [0.05, 0.1) is 5.56 Å². The van der Waals surface area contributed by atoms with Gasteiger partial charge >= 0.3 is 0 Å². The molecule has 0 fully saturated rings. The van der Waals surface area contributed by atoms with Crippen molar-refractivity contribution in [2.45, 2.75) is 6.92 Å². The number of benzene rings is 2. The van der Waals surface area contributed by atoms with E-state index in [0.717, 1.165) is 11.1 Å². The van der Waals surface area contributed by atoms with E-state index in [1.165, 1.54) is 0 Å². The molecule has 2 N–H and O–H groups in total. The molecule has 3 rings (SSSR count). The number of aromatic nitrogens is 1. The van der Waals surface area contributed by atoms with Gasteiger partial charge in [0.1, 0.15) is 5.75 Å². The van der Waals surface area contributed by atoms with Crippen molar-refractivity contribution in [1.82, 2.24) is 4.98 Å². The first-order valence-electron chi connectivity index (χ1n) is 6.60. The van der Waals surface area contributed by atoms with Crippen LogP contribution in [-0.4, -0.2) is 16.0 Å². The summed E-state index contributed by atoms with van der Waals surface area (Å²) in [6, 6.07) is 14.3. The Kier molecular flexibility index (Phi) is 3.28. The third kappa shape index (κ3) is 2.56. The number of nitrogens with zero attached hydrogens (tertiary/aromatic N) is 1. The molecule has 0 aliphatic rings. The minimum absolute atomic E-state index is 0.00335. The Hall–Kier alpha value is -2.88. The number of carbonyl (C=O) groups excluding carboxylic acids is 1. The molecule has 0 radical (unpaired) electrons. The molecule has 1 aromatic heterocycles. The van der Waals surface area contributed by atoms with E-state index < -0.39 is 0 Å². The number of phenols is 1. The van der Waals surface area contributed by atoms with Crippen molar-refractivity contribution >= 4 is 22.4 Å². The average Bonchev–Trinajstić information content (AvgIpc) is 2.48. The largest absolute Gasteiger partial charge is 0.506 e. The fourth-order valence-electron chi connectivity index (χ4n) is 2.26. The third-order valence-electron chi connectivity index (χ3n) is 3.30. The highest BCUT2D eigenvalue weighted by Gasteiger charge is 2.13. The number of aryl methyl sites for hydroxylation is 1. The van der Waals surface area contributed by atoms with E-state index in [9.17, 15) is 9.90 Å². The zero-order chi connectivity index (χ0) is 14.8. The quantitative estimate of drug-likeness (QED) is 0.754. The van der Waals surface area contributed by atoms with Gasteiger partial charge in [-0.3, -0.25) is 9.78 Å². The van der Waals surface area contributed by atoms with Gasteiger partial charge in [-0.15, -0.1) is 0 Å². The van der Waals surface area contributed by atoms with Gasteiger partial charge in [-0.05, 0) is 30.5 Å². The lowest BCUT2D eigenvalue weighted by Crippen LogP contribution is -2.12. The van der Waals surface area contributed by atoms with Crippen LogP contribution in [0.1, 0.15) is 16.1 Å². The van der Waals surface area contributed by atoms with Gasteiger partial charge in [0.15, 0.2) is 0 Å². The van der Waals surface area contributed by atoms with Crippen LogP contribution in [-0.2, 0) is 0 Å². The summed E-state index contributed by atoms with van der Waals surface area (Å²) in [5.74, 6) is -0.347. The maximum Gasteiger partial charge on any atom is 0.259 e. The summed E-state index contributed by atoms with van der Waals surface area (Å²) in [6.45, 7) is 1.85. The molecule has 0 unspecified atom stereocenters. The lowest BCUT2D eigenvalue weighted by Gasteiger charge is -2.09. The van der Waals surface area contributed by atoms with Crippen molar-refractivity contribution in [2.24, 2.45) is 0 Å². The number of hydrogen-bond donors (Lipinski definition) is 2. The number of nitrogens with one attached hydrogen (secondary N) is 1. The van der Waals surface area contributed by atoms with E-state index in [1.54, 1.807) is 30.5 Å². The molecule has 4 heteroatoms. The monoisotopic (exact) mass is 278 g/mol. The number of aromatic hydroxyl groups is 1. The normalized spacial score (nSPS) is 10.5. The smallest absolute Gasteiger partial charge is 0.259 e. The molecular formula is C17H14N2O2. The topological polar surface area (TPSA) is 62.2 Å². The van der Waals surface area contributed by atoms with Gasteiger partial charge < -0.3 is 10.4 Å². The average molecular weight is 278 g/mol. The number of phenolic OH excluding ortho intramolecular Hbond substituents is 1. The number of anilines is 1. The fraction of sp³-hybridized carbons (Fsp3) is 0.0588. The van der Waals surface area contributed by atoms with Crippen molar-refractivity contribution in [2.75, 3.05) is 5.32 Å². The van der Waals surface area contributed by atoms with E-state index in [1.807, 2.05) is 31.2 Å². The van der Waals surface area contributed by atoms with Crippen LogP contribution in [0.25, 0.3) is 10.8 Å². The molecule has 1 amide bonds. The Bertz CT molecular complexity index is 828. The van der Waals surface area contributed by atoms with E-state index in [4.69, 9.17) is 0 Å². The van der Waals surface area contributed by atoms with Crippen LogP contribution < -0.4 is 5.32 Å². The summed E-state index contributed by atoms with van der Waals surface area (Å²) < 4.78 is 0. The highest BCUT2D eigenvalue weighted by molar-refractivity contribution is 6.09. The molecule has 0 atom stereocenters. The standard InChI is InChI=1S/C17H14N2O2/c1-11-10-13(8-9-18-11)19-17(21)15-7-6-12-4-2-3-5-14(12)16(15)20/h2-10,20H,1H3,(H,18,19,21). The minimum atomic E-state index is -0.344. The first-order chi connectivity index (χ1) is 10.1. The lowest BCUT2D eigenvalue weighted by atomic mass is 10.0. The van der Waals surface area contributed by atoms with Crippen molar-refractivity contribution in [3.8, 4) is 5.75 Å². The Morgan fingerprint density at radius 2 is 1.95 bits per heavy atom. The molecular weight excluding hydrogens is 264 g/mol. The predicted molar refractivity (Wildman–Crippen MR) is 82.5 cm³/mol. The number of hydrogen-bond acceptors (Lipinski definition) is 3. The summed E-state index contributed by atoms with van der Waals surface area (Å²) in [4.78, 5) is 16.4. The van der Waals surface area contributed by atoms with E-state index >= 15 is 0 Å². The Labute approximate surface area is 122 Å². The van der Waals surface area contributed by atoms with Crippen molar-refractivity contribution in [3.05, 3.63) is 66.0 Å². The number of pyridine rings is 1. The minimum Gasteiger partial charge on any atom is -0.506 e. The Morgan fingerprint density at radius 3 is 2.76 bits per heavy atom. The predicted octanol–water partition coefficient (Wildman–Crippen LogP) is 3.50. The molecule has 0 aliphatic heterocycles. The van der Waals surface area contributed by atoms with Crippen molar-refractivity contribution < 1.29 is 9.90 Å². The molecule has 104 valence electrons. The van der Waals surface area contributed by atoms with Crippen molar-refractivity contribution in [1.29, 1.82) is 0 Å². The molecule has 0 saturated heterocycles. The maximum atomic E-state index is 12.3. The third-order valence-corrected chi connectivity index (χ3v) is 3.30. The second kappa shape index (κ2) is 5.25. The zero-order valence-electron chi connectivity index (χ0n) is 11.5. The van der Waals surface area contributed by atoms with Gasteiger partial charge in [-0.25, -0.2) is 0 Å². The van der Waals surface area contributed by atoms with Crippen LogP contribution in [0.15, 0.2) is 54.7 Å². The highest BCUT2D eigenvalue weighted by atomic mass is 16.3. The first kappa shape index (κ1) is 13.1. The van der Waals surface area contributed by atoms with Crippen LogP contribution in [0.2, 0.25) is 0 Å². The first-order valence-corrected chi connectivity index (χ1v) is 6.60. The van der Waals surface area contributed by atoms with Gasteiger partial charge in [0.2, 0.25) is 0 Å². The highest BCUT2D eigenvalue weighted by Crippen LogP contribution is 2.29. The molecule has 0 spiro atoms. The fourth-order valence-corrected chi connectivity index (χ4v) is 2.26. The Morgan fingerprint density at radius 1 is 1.14 bits per heavy atom. The second-order valence-corrected chi connectivity index (χ2v) is 4.82. The van der Waals surface area contributed by atoms with E-state index in [-0.39, 0.29) is 17.2 Å².